The predicted molar refractivity (Wildman–Crippen MR) is 94.0 cm³/mol. The Morgan fingerprint density at radius 3 is 2.07 bits per heavy atom. The molecule has 0 fully saturated rings. The average molecular weight is 458 g/mol. The second-order valence-electron chi connectivity index (χ2n) is 5.46. The van der Waals surface area contributed by atoms with E-state index in [1.54, 1.807) is 0 Å². The van der Waals surface area contributed by atoms with Gasteiger partial charge in [0.15, 0.2) is 0 Å². The summed E-state index contributed by atoms with van der Waals surface area (Å²) in [7, 11) is -4.43. The van der Waals surface area contributed by atoms with Gasteiger partial charge in [-0.1, -0.05) is 12.1 Å². The number of amides is 1. The van der Waals surface area contributed by atoms with Gasteiger partial charge in [-0.15, -0.1) is 0 Å². The van der Waals surface area contributed by atoms with Crippen LogP contribution in [0.4, 0.5) is 32.0 Å². The van der Waals surface area contributed by atoms with Gasteiger partial charge in [0.1, 0.15) is 6.54 Å². The van der Waals surface area contributed by atoms with E-state index in [1.807, 2.05) is 0 Å². The Morgan fingerprint density at radius 2 is 1.52 bits per heavy atom. The zero-order chi connectivity index (χ0) is 21.9. The number of carbonyl (C=O) groups is 1. The molecule has 0 aliphatic heterocycles. The molecule has 0 aliphatic carbocycles. The van der Waals surface area contributed by atoms with E-state index in [4.69, 9.17) is 0 Å². The van der Waals surface area contributed by atoms with E-state index in [1.165, 1.54) is 22.9 Å². The standard InChI is InChI=1S/C16H12F6N2O3S2/c17-15(18,19)9-23-29(26,27)11-7-5-10(6-8-11)24-14(25)12-3-1-2-4-13(12)28-16(20,21)22/h1-8,23H,9H2,(H,24,25). The van der Waals surface area contributed by atoms with Gasteiger partial charge in [0, 0.05) is 10.6 Å². The van der Waals surface area contributed by atoms with Gasteiger partial charge in [0.25, 0.3) is 5.91 Å². The molecule has 2 aromatic rings. The lowest BCUT2D eigenvalue weighted by molar-refractivity contribution is -0.121. The molecule has 13 heteroatoms. The number of hydrogen-bond acceptors (Lipinski definition) is 4. The molecule has 0 aromatic heterocycles. The van der Waals surface area contributed by atoms with Gasteiger partial charge >= 0.3 is 11.7 Å². The Balaban J connectivity index is 2.14. The molecule has 2 aromatic carbocycles. The molecule has 0 spiro atoms. The highest BCUT2D eigenvalue weighted by Crippen LogP contribution is 2.38. The first kappa shape index (κ1) is 23.0. The molecule has 5 nitrogen and oxygen atoms in total. The van der Waals surface area contributed by atoms with E-state index >= 15 is 0 Å². The van der Waals surface area contributed by atoms with E-state index in [2.05, 4.69) is 5.32 Å². The van der Waals surface area contributed by atoms with Crippen molar-refractivity contribution >= 4 is 33.4 Å². The third-order valence-corrected chi connectivity index (χ3v) is 5.47. The van der Waals surface area contributed by atoms with Crippen LogP contribution in [0.15, 0.2) is 58.3 Å². The SMILES string of the molecule is O=C(Nc1ccc(S(=O)(=O)NCC(F)(F)F)cc1)c1ccccc1SC(F)(F)F. The monoisotopic (exact) mass is 458 g/mol. The van der Waals surface area contributed by atoms with Gasteiger partial charge in [0.2, 0.25) is 10.0 Å². The molecular formula is C16H12F6N2O3S2. The van der Waals surface area contributed by atoms with Crippen LogP contribution in [0.3, 0.4) is 0 Å². The maximum Gasteiger partial charge on any atom is 0.446 e. The normalized spacial score (nSPS) is 12.6. The van der Waals surface area contributed by atoms with Gasteiger partial charge in [-0.05, 0) is 48.2 Å². The highest BCUT2D eigenvalue weighted by molar-refractivity contribution is 8.00. The summed E-state index contributed by atoms with van der Waals surface area (Å²) in [5.74, 6) is -0.872. The fraction of sp³-hybridized carbons (Fsp3) is 0.188. The van der Waals surface area contributed by atoms with E-state index in [9.17, 15) is 39.6 Å². The van der Waals surface area contributed by atoms with Crippen LogP contribution in [0, 0.1) is 0 Å². The Labute approximate surface area is 165 Å². The Morgan fingerprint density at radius 1 is 0.931 bits per heavy atom. The molecule has 0 bridgehead atoms. The molecule has 0 saturated carbocycles. The van der Waals surface area contributed by atoms with E-state index in [0.717, 1.165) is 30.3 Å². The third kappa shape index (κ3) is 7.25. The maximum absolute atomic E-state index is 12.6. The summed E-state index contributed by atoms with van der Waals surface area (Å²) in [6.45, 7) is -1.75. The van der Waals surface area contributed by atoms with Crippen molar-refractivity contribution in [3.63, 3.8) is 0 Å². The number of anilines is 1. The minimum atomic E-state index is -4.73. The summed E-state index contributed by atoms with van der Waals surface area (Å²) in [4.78, 5) is 11.5. The van der Waals surface area contributed by atoms with Crippen molar-refractivity contribution in [1.82, 2.24) is 4.72 Å². The molecule has 0 unspecified atom stereocenters. The van der Waals surface area contributed by atoms with Gasteiger partial charge < -0.3 is 5.32 Å². The van der Waals surface area contributed by atoms with Crippen molar-refractivity contribution in [2.75, 3.05) is 11.9 Å². The molecule has 158 valence electrons. The summed E-state index contributed by atoms with van der Waals surface area (Å²) in [5.41, 5.74) is -4.81. The number of carbonyl (C=O) groups excluding carboxylic acids is 1. The number of thioether (sulfide) groups is 1. The second kappa shape index (κ2) is 8.63. The highest BCUT2D eigenvalue weighted by Gasteiger charge is 2.31. The zero-order valence-corrected chi connectivity index (χ0v) is 15.8. The number of nitrogens with one attached hydrogen (secondary N) is 2. The molecule has 0 atom stereocenters. The summed E-state index contributed by atoms with van der Waals surface area (Å²) >= 11 is -0.461. The van der Waals surface area contributed by atoms with Crippen LogP contribution >= 0.6 is 11.8 Å². The molecule has 2 rings (SSSR count). The van der Waals surface area contributed by atoms with Crippen molar-refractivity contribution in [3.05, 3.63) is 54.1 Å². The largest absolute Gasteiger partial charge is 0.446 e. The predicted octanol–water partition coefficient (Wildman–Crippen LogP) is 4.39. The molecule has 0 radical (unpaired) electrons. The fourth-order valence-corrected chi connectivity index (χ4v) is 3.73. The van der Waals surface area contributed by atoms with Crippen LogP contribution in [-0.2, 0) is 10.0 Å². The number of rotatable bonds is 6. The van der Waals surface area contributed by atoms with Gasteiger partial charge in [-0.25, -0.2) is 13.1 Å². The van der Waals surface area contributed by atoms with Gasteiger partial charge in [-0.3, -0.25) is 4.79 Å². The summed E-state index contributed by atoms with van der Waals surface area (Å²) < 4.78 is 99.3. The van der Waals surface area contributed by atoms with Crippen LogP contribution in [0.25, 0.3) is 0 Å². The smallest absolute Gasteiger partial charge is 0.322 e. The van der Waals surface area contributed by atoms with Crippen LogP contribution in [0.1, 0.15) is 10.4 Å². The number of benzene rings is 2. The minimum absolute atomic E-state index is 0.0385. The van der Waals surface area contributed by atoms with Crippen LogP contribution in [0.2, 0.25) is 0 Å². The first-order valence-corrected chi connectivity index (χ1v) is 9.89. The van der Waals surface area contributed by atoms with Crippen LogP contribution in [0.5, 0.6) is 0 Å². The van der Waals surface area contributed by atoms with Crippen molar-refractivity contribution in [1.29, 1.82) is 0 Å². The quantitative estimate of drug-likeness (QED) is 0.497. The highest BCUT2D eigenvalue weighted by atomic mass is 32.2. The van der Waals surface area contributed by atoms with Gasteiger partial charge in [-0.2, -0.15) is 26.3 Å². The molecule has 0 heterocycles. The Kier molecular flexibility index (Phi) is 6.86. The van der Waals surface area contributed by atoms with Crippen molar-refractivity contribution < 1.29 is 39.6 Å². The number of sulfonamides is 1. The summed E-state index contributed by atoms with van der Waals surface area (Å²) in [6, 6.07) is 9.10. The Hall–Kier alpha value is -2.25. The summed E-state index contributed by atoms with van der Waals surface area (Å²) in [5, 5.41) is 2.30. The molecular weight excluding hydrogens is 446 g/mol. The molecule has 2 N–H and O–H groups in total. The third-order valence-electron chi connectivity index (χ3n) is 3.24. The van der Waals surface area contributed by atoms with Crippen molar-refractivity contribution in [2.45, 2.75) is 21.5 Å². The maximum atomic E-state index is 12.6. The Bertz CT molecular complexity index is 973. The van der Waals surface area contributed by atoms with Crippen LogP contribution < -0.4 is 10.0 Å². The molecule has 29 heavy (non-hydrogen) atoms. The molecule has 0 saturated heterocycles. The van der Waals surface area contributed by atoms with Crippen LogP contribution in [-0.4, -0.2) is 32.6 Å². The second-order valence-corrected chi connectivity index (χ2v) is 8.34. The first-order chi connectivity index (χ1) is 13.3. The van der Waals surface area contributed by atoms with Crippen molar-refractivity contribution in [3.8, 4) is 0 Å². The topological polar surface area (TPSA) is 75.3 Å². The lowest BCUT2D eigenvalue weighted by Gasteiger charge is -2.12. The number of halogens is 6. The van der Waals surface area contributed by atoms with Gasteiger partial charge in [0.05, 0.1) is 10.5 Å². The fourth-order valence-electron chi connectivity index (χ4n) is 2.04. The lowest BCUT2D eigenvalue weighted by atomic mass is 10.2. The zero-order valence-electron chi connectivity index (χ0n) is 14.1. The lowest BCUT2D eigenvalue weighted by Crippen LogP contribution is -2.33. The molecule has 1 amide bonds. The first-order valence-electron chi connectivity index (χ1n) is 7.59. The van der Waals surface area contributed by atoms with E-state index < -0.39 is 50.8 Å². The average Bonchev–Trinajstić information content (AvgIpc) is 2.59. The van der Waals surface area contributed by atoms with E-state index in [-0.39, 0.29) is 16.1 Å². The number of hydrogen-bond donors (Lipinski definition) is 2. The van der Waals surface area contributed by atoms with E-state index in [0.29, 0.717) is 0 Å². The van der Waals surface area contributed by atoms with Crippen molar-refractivity contribution in [2.24, 2.45) is 0 Å². The summed E-state index contributed by atoms with van der Waals surface area (Å²) in [6.07, 6.45) is -4.73. The minimum Gasteiger partial charge on any atom is -0.322 e. The number of alkyl halides is 6. The molecule has 0 aliphatic rings.